The second-order valence-electron chi connectivity index (χ2n) is 5.75. The molecule has 0 heterocycles. The van der Waals surface area contributed by atoms with Gasteiger partial charge in [-0.05, 0) is 51.9 Å². The molecule has 1 unspecified atom stereocenters. The molecule has 0 amide bonds. The summed E-state index contributed by atoms with van der Waals surface area (Å²) < 4.78 is 5.20. The van der Waals surface area contributed by atoms with Gasteiger partial charge in [-0.15, -0.1) is 0 Å². The summed E-state index contributed by atoms with van der Waals surface area (Å²) in [7, 11) is 0. The minimum atomic E-state index is -0.328. The van der Waals surface area contributed by atoms with Crippen molar-refractivity contribution in [2.45, 2.75) is 53.5 Å². The zero-order valence-corrected chi connectivity index (χ0v) is 14.3. The van der Waals surface area contributed by atoms with Crippen LogP contribution in [0.15, 0.2) is 18.2 Å². The molecule has 0 fully saturated rings. The fraction of sp³-hybridized carbons (Fsp3) is 0.611. The normalized spacial score (nSPS) is 14.0. The number of hydrogen-bond acceptors (Lipinski definition) is 3. The molecule has 1 atom stereocenters. The van der Waals surface area contributed by atoms with E-state index in [9.17, 15) is 4.79 Å². The number of esters is 1. The van der Waals surface area contributed by atoms with Crippen molar-refractivity contribution in [2.24, 2.45) is 0 Å². The van der Waals surface area contributed by atoms with Crippen LogP contribution in [0.5, 0.6) is 0 Å². The number of carbonyl (C=O) groups excluding carboxylic acids is 1. The van der Waals surface area contributed by atoms with Crippen LogP contribution in [0.25, 0.3) is 0 Å². The van der Waals surface area contributed by atoms with Crippen molar-refractivity contribution in [3.63, 3.8) is 0 Å². The highest BCUT2D eigenvalue weighted by atomic mass is 16.5. The molecule has 0 aromatic heterocycles. The maximum Gasteiger partial charge on any atom is 0.307 e. The molecule has 1 aromatic carbocycles. The third kappa shape index (κ3) is 4.07. The van der Waals surface area contributed by atoms with Crippen molar-refractivity contribution in [3.05, 3.63) is 34.9 Å². The smallest absolute Gasteiger partial charge is 0.307 e. The summed E-state index contributed by atoms with van der Waals surface area (Å²) in [4.78, 5) is 14.5. The number of carbonyl (C=O) groups is 1. The first kappa shape index (κ1) is 17.7. The van der Waals surface area contributed by atoms with E-state index in [0.717, 1.165) is 13.1 Å². The monoisotopic (exact) mass is 291 g/mol. The standard InChI is InChI=1S/C18H29NO2/c1-7-19(8-2)18(6,13-17(20)21-9-3)16-12-14(4)10-11-15(16)5/h10-12H,7-9,13H2,1-6H3. The van der Waals surface area contributed by atoms with Crippen LogP contribution >= 0.6 is 0 Å². The molecule has 3 heteroatoms. The Morgan fingerprint density at radius 3 is 2.33 bits per heavy atom. The average molecular weight is 291 g/mol. The van der Waals surface area contributed by atoms with Crippen molar-refractivity contribution in [2.75, 3.05) is 19.7 Å². The van der Waals surface area contributed by atoms with Crippen molar-refractivity contribution in [1.29, 1.82) is 0 Å². The Morgan fingerprint density at radius 1 is 1.19 bits per heavy atom. The predicted octanol–water partition coefficient (Wildman–Crippen LogP) is 3.81. The number of rotatable bonds is 7. The maximum absolute atomic E-state index is 12.1. The van der Waals surface area contributed by atoms with Gasteiger partial charge >= 0.3 is 5.97 Å². The summed E-state index contributed by atoms with van der Waals surface area (Å²) in [5, 5.41) is 0. The molecule has 0 saturated heterocycles. The fourth-order valence-corrected chi connectivity index (χ4v) is 3.11. The molecule has 0 aliphatic carbocycles. The summed E-state index contributed by atoms with van der Waals surface area (Å²) >= 11 is 0. The van der Waals surface area contributed by atoms with Crippen LogP contribution in [0.3, 0.4) is 0 Å². The molecule has 0 saturated carbocycles. The van der Waals surface area contributed by atoms with E-state index in [4.69, 9.17) is 4.74 Å². The van der Waals surface area contributed by atoms with Crippen LogP contribution in [-0.2, 0) is 15.1 Å². The molecule has 0 N–H and O–H groups in total. The SMILES string of the molecule is CCOC(=O)CC(C)(c1cc(C)ccc1C)N(CC)CC. The second-order valence-corrected chi connectivity index (χ2v) is 5.75. The van der Waals surface area contributed by atoms with Crippen LogP contribution in [0.1, 0.15) is 50.8 Å². The van der Waals surface area contributed by atoms with Crippen LogP contribution in [0, 0.1) is 13.8 Å². The zero-order chi connectivity index (χ0) is 16.0. The molecule has 118 valence electrons. The van der Waals surface area contributed by atoms with Crippen LogP contribution in [-0.4, -0.2) is 30.6 Å². The predicted molar refractivity (Wildman–Crippen MR) is 87.4 cm³/mol. The Balaban J connectivity index is 3.29. The van der Waals surface area contributed by atoms with Gasteiger partial charge in [0.05, 0.1) is 18.6 Å². The van der Waals surface area contributed by atoms with E-state index >= 15 is 0 Å². The lowest BCUT2D eigenvalue weighted by atomic mass is 9.83. The Bertz CT molecular complexity index is 480. The van der Waals surface area contributed by atoms with Crippen molar-refractivity contribution < 1.29 is 9.53 Å². The van der Waals surface area contributed by atoms with Gasteiger partial charge in [0, 0.05) is 0 Å². The van der Waals surface area contributed by atoms with Crippen molar-refractivity contribution >= 4 is 5.97 Å². The number of hydrogen-bond donors (Lipinski definition) is 0. The minimum Gasteiger partial charge on any atom is -0.466 e. The third-order valence-corrected chi connectivity index (χ3v) is 4.23. The summed E-state index contributed by atoms with van der Waals surface area (Å²) in [6.45, 7) is 14.7. The lowest BCUT2D eigenvalue weighted by Crippen LogP contribution is -2.46. The van der Waals surface area contributed by atoms with Gasteiger partial charge in [0.1, 0.15) is 0 Å². The van der Waals surface area contributed by atoms with Crippen LogP contribution < -0.4 is 0 Å². The van der Waals surface area contributed by atoms with Gasteiger partial charge in [-0.1, -0.05) is 37.6 Å². The summed E-state index contributed by atoms with van der Waals surface area (Å²) in [6.07, 6.45) is 0.382. The Labute approximate surface area is 129 Å². The van der Waals surface area contributed by atoms with Gasteiger partial charge in [0.25, 0.3) is 0 Å². The van der Waals surface area contributed by atoms with Gasteiger partial charge in [-0.25, -0.2) is 0 Å². The molecule has 0 radical (unpaired) electrons. The summed E-state index contributed by atoms with van der Waals surface area (Å²) in [5.41, 5.74) is 3.34. The fourth-order valence-electron chi connectivity index (χ4n) is 3.11. The maximum atomic E-state index is 12.1. The highest BCUT2D eigenvalue weighted by Gasteiger charge is 2.36. The Morgan fingerprint density at radius 2 is 1.81 bits per heavy atom. The van der Waals surface area contributed by atoms with Crippen molar-refractivity contribution in [3.8, 4) is 0 Å². The quantitative estimate of drug-likeness (QED) is 0.715. The van der Waals surface area contributed by atoms with E-state index in [1.807, 2.05) is 6.92 Å². The molecule has 0 spiro atoms. The molecular formula is C18H29NO2. The molecule has 0 aliphatic heterocycles. The largest absolute Gasteiger partial charge is 0.466 e. The lowest BCUT2D eigenvalue weighted by molar-refractivity contribution is -0.146. The molecule has 0 aliphatic rings. The number of nitrogens with zero attached hydrogens (tertiary/aromatic N) is 1. The molecule has 3 nitrogen and oxygen atoms in total. The van der Waals surface area contributed by atoms with Gasteiger partial charge in [0.15, 0.2) is 0 Å². The number of ether oxygens (including phenoxy) is 1. The van der Waals surface area contributed by atoms with E-state index < -0.39 is 0 Å². The summed E-state index contributed by atoms with van der Waals surface area (Å²) in [6, 6.07) is 6.45. The zero-order valence-electron chi connectivity index (χ0n) is 14.3. The van der Waals surface area contributed by atoms with Crippen LogP contribution in [0.4, 0.5) is 0 Å². The number of benzene rings is 1. The van der Waals surface area contributed by atoms with Crippen molar-refractivity contribution in [1.82, 2.24) is 4.90 Å². The van der Waals surface area contributed by atoms with Gasteiger partial charge in [-0.2, -0.15) is 0 Å². The molecule has 1 aromatic rings. The molecule has 1 rings (SSSR count). The topological polar surface area (TPSA) is 29.5 Å². The lowest BCUT2D eigenvalue weighted by Gasteiger charge is -2.41. The van der Waals surface area contributed by atoms with E-state index in [1.165, 1.54) is 16.7 Å². The Hall–Kier alpha value is -1.35. The number of aryl methyl sites for hydroxylation is 2. The van der Waals surface area contributed by atoms with Crippen LogP contribution in [0.2, 0.25) is 0 Å². The first-order valence-corrected chi connectivity index (χ1v) is 7.87. The molecule has 21 heavy (non-hydrogen) atoms. The van der Waals surface area contributed by atoms with Gasteiger partial charge < -0.3 is 4.74 Å². The van der Waals surface area contributed by atoms with E-state index in [0.29, 0.717) is 13.0 Å². The molecule has 0 bridgehead atoms. The first-order chi connectivity index (χ1) is 9.88. The third-order valence-electron chi connectivity index (χ3n) is 4.23. The first-order valence-electron chi connectivity index (χ1n) is 7.87. The average Bonchev–Trinajstić information content (AvgIpc) is 2.42. The highest BCUT2D eigenvalue weighted by Crippen LogP contribution is 2.34. The van der Waals surface area contributed by atoms with Gasteiger partial charge in [0.2, 0.25) is 0 Å². The summed E-state index contributed by atoms with van der Waals surface area (Å²) in [5.74, 6) is -0.132. The van der Waals surface area contributed by atoms with E-state index in [2.05, 4.69) is 57.7 Å². The van der Waals surface area contributed by atoms with Gasteiger partial charge in [-0.3, -0.25) is 9.69 Å². The highest BCUT2D eigenvalue weighted by molar-refractivity contribution is 5.71. The minimum absolute atomic E-state index is 0.132. The van der Waals surface area contributed by atoms with E-state index in [-0.39, 0.29) is 11.5 Å². The molecular weight excluding hydrogens is 262 g/mol. The van der Waals surface area contributed by atoms with E-state index in [1.54, 1.807) is 0 Å². The second kappa shape index (κ2) is 7.60. The Kier molecular flexibility index (Phi) is 6.41.